The van der Waals surface area contributed by atoms with Gasteiger partial charge in [0.1, 0.15) is 0 Å². The number of hydrogen-bond acceptors (Lipinski definition) is 3. The summed E-state index contributed by atoms with van der Waals surface area (Å²) in [5.74, 6) is -0.524. The molecule has 0 radical (unpaired) electrons. The number of carbonyl (C=O) groups is 1. The van der Waals surface area contributed by atoms with E-state index in [9.17, 15) is 4.79 Å². The number of rotatable bonds is 3. The summed E-state index contributed by atoms with van der Waals surface area (Å²) >= 11 is 5.93. The summed E-state index contributed by atoms with van der Waals surface area (Å²) in [6.45, 7) is 3.80. The van der Waals surface area contributed by atoms with E-state index in [1.54, 1.807) is 18.2 Å². The fraction of sp³-hybridized carbons (Fsp3) is 0.214. The van der Waals surface area contributed by atoms with Crippen LogP contribution in [0.25, 0.3) is 11.4 Å². The Balaban J connectivity index is 2.55. The van der Waals surface area contributed by atoms with Gasteiger partial charge in [-0.1, -0.05) is 37.6 Å². The second-order valence-corrected chi connectivity index (χ2v) is 4.90. The van der Waals surface area contributed by atoms with E-state index in [0.717, 1.165) is 5.56 Å². The Morgan fingerprint density at radius 2 is 2.11 bits per heavy atom. The van der Waals surface area contributed by atoms with Gasteiger partial charge in [-0.2, -0.15) is 0 Å². The van der Waals surface area contributed by atoms with Crippen molar-refractivity contribution in [1.82, 2.24) is 9.97 Å². The summed E-state index contributed by atoms with van der Waals surface area (Å²) in [5.41, 5.74) is 1.43. The first-order valence-electron chi connectivity index (χ1n) is 5.85. The molecule has 2 aromatic rings. The van der Waals surface area contributed by atoms with Crippen LogP contribution in [-0.2, 0) is 0 Å². The van der Waals surface area contributed by atoms with Crippen molar-refractivity contribution >= 4 is 17.6 Å². The molecule has 1 N–H and O–H groups in total. The van der Waals surface area contributed by atoms with Crippen molar-refractivity contribution < 1.29 is 9.90 Å². The molecule has 1 aromatic heterocycles. The molecule has 4 nitrogen and oxygen atoms in total. The number of halogens is 1. The Bertz CT molecular complexity index is 627. The van der Waals surface area contributed by atoms with Gasteiger partial charge in [0.05, 0.1) is 11.3 Å². The lowest BCUT2D eigenvalue weighted by atomic mass is 10.0. The molecule has 0 unspecified atom stereocenters. The van der Waals surface area contributed by atoms with Crippen LogP contribution in [0.15, 0.2) is 30.5 Å². The minimum absolute atomic E-state index is 0.00651. The predicted molar refractivity (Wildman–Crippen MR) is 73.5 cm³/mol. The minimum atomic E-state index is -1.01. The van der Waals surface area contributed by atoms with Gasteiger partial charge in [0, 0.05) is 16.8 Å². The second kappa shape index (κ2) is 5.36. The molecule has 0 saturated carbocycles. The van der Waals surface area contributed by atoms with Gasteiger partial charge < -0.3 is 5.11 Å². The van der Waals surface area contributed by atoms with Crippen LogP contribution >= 0.6 is 11.6 Å². The number of nitrogens with zero attached hydrogens (tertiary/aromatic N) is 2. The third-order valence-corrected chi connectivity index (χ3v) is 2.91. The maximum absolute atomic E-state index is 11.1. The lowest BCUT2D eigenvalue weighted by Crippen LogP contribution is -2.08. The number of carboxylic acid groups (broad SMARTS) is 1. The van der Waals surface area contributed by atoms with Crippen molar-refractivity contribution in [3.8, 4) is 11.4 Å². The molecular formula is C14H13ClN2O2. The van der Waals surface area contributed by atoms with Crippen molar-refractivity contribution in [2.24, 2.45) is 0 Å². The van der Waals surface area contributed by atoms with Crippen LogP contribution in [0.4, 0.5) is 0 Å². The molecular weight excluding hydrogens is 264 g/mol. The summed E-state index contributed by atoms with van der Waals surface area (Å²) < 4.78 is 0. The molecule has 0 atom stereocenters. The number of hydrogen-bond donors (Lipinski definition) is 1. The Morgan fingerprint density at radius 1 is 1.37 bits per heavy atom. The molecule has 0 fully saturated rings. The molecule has 0 saturated heterocycles. The molecule has 98 valence electrons. The van der Waals surface area contributed by atoms with Crippen LogP contribution < -0.4 is 0 Å². The summed E-state index contributed by atoms with van der Waals surface area (Å²) in [5, 5.41) is 9.71. The summed E-state index contributed by atoms with van der Waals surface area (Å²) in [6.07, 6.45) is 1.35. The zero-order valence-electron chi connectivity index (χ0n) is 10.6. The van der Waals surface area contributed by atoms with Crippen LogP contribution in [0.5, 0.6) is 0 Å². The van der Waals surface area contributed by atoms with Crippen LogP contribution in [-0.4, -0.2) is 21.0 Å². The highest BCUT2D eigenvalue weighted by atomic mass is 35.5. The van der Waals surface area contributed by atoms with Gasteiger partial charge >= 0.3 is 5.97 Å². The van der Waals surface area contributed by atoms with Gasteiger partial charge in [0.25, 0.3) is 0 Å². The van der Waals surface area contributed by atoms with Crippen molar-refractivity contribution in [2.75, 3.05) is 0 Å². The lowest BCUT2D eigenvalue weighted by Gasteiger charge is -2.10. The second-order valence-electron chi connectivity index (χ2n) is 4.46. The zero-order valence-corrected chi connectivity index (χ0v) is 11.3. The number of aromatic nitrogens is 2. The first-order chi connectivity index (χ1) is 8.99. The molecule has 0 amide bonds. The molecule has 5 heteroatoms. The smallest absolute Gasteiger partial charge is 0.339 e. The minimum Gasteiger partial charge on any atom is -0.478 e. The molecule has 0 spiro atoms. The molecule has 1 aromatic carbocycles. The van der Waals surface area contributed by atoms with E-state index in [4.69, 9.17) is 16.7 Å². The van der Waals surface area contributed by atoms with E-state index < -0.39 is 5.97 Å². The number of carboxylic acids is 1. The van der Waals surface area contributed by atoms with E-state index in [1.165, 1.54) is 6.20 Å². The molecule has 19 heavy (non-hydrogen) atoms. The Morgan fingerprint density at radius 3 is 2.68 bits per heavy atom. The fourth-order valence-electron chi connectivity index (χ4n) is 1.77. The van der Waals surface area contributed by atoms with Crippen LogP contribution in [0.2, 0.25) is 5.02 Å². The first-order valence-corrected chi connectivity index (χ1v) is 6.23. The monoisotopic (exact) mass is 276 g/mol. The third-order valence-electron chi connectivity index (χ3n) is 2.68. The van der Waals surface area contributed by atoms with E-state index in [-0.39, 0.29) is 11.5 Å². The average molecular weight is 277 g/mol. The van der Waals surface area contributed by atoms with Crippen molar-refractivity contribution in [2.45, 2.75) is 19.8 Å². The maximum atomic E-state index is 11.1. The van der Waals surface area contributed by atoms with E-state index >= 15 is 0 Å². The van der Waals surface area contributed by atoms with Crippen LogP contribution in [0.3, 0.4) is 0 Å². The predicted octanol–water partition coefficient (Wildman–Crippen LogP) is 3.62. The van der Waals surface area contributed by atoms with E-state index in [1.807, 2.05) is 19.9 Å². The lowest BCUT2D eigenvalue weighted by molar-refractivity contribution is 0.0694. The molecule has 1 heterocycles. The van der Waals surface area contributed by atoms with Crippen molar-refractivity contribution in [1.29, 1.82) is 0 Å². The normalized spacial score (nSPS) is 10.7. The third kappa shape index (κ3) is 2.90. The van der Waals surface area contributed by atoms with Crippen LogP contribution in [0.1, 0.15) is 35.8 Å². The molecule has 0 aliphatic heterocycles. The van der Waals surface area contributed by atoms with Gasteiger partial charge in [0.2, 0.25) is 0 Å². The van der Waals surface area contributed by atoms with Gasteiger partial charge in [-0.25, -0.2) is 14.8 Å². The Labute approximate surface area is 116 Å². The van der Waals surface area contributed by atoms with Crippen molar-refractivity contribution in [3.05, 3.63) is 46.7 Å². The van der Waals surface area contributed by atoms with E-state index in [2.05, 4.69) is 9.97 Å². The highest BCUT2D eigenvalue weighted by Gasteiger charge is 2.16. The summed E-state index contributed by atoms with van der Waals surface area (Å²) in [4.78, 5) is 19.6. The van der Waals surface area contributed by atoms with Gasteiger partial charge in [0.15, 0.2) is 5.82 Å². The molecule has 2 rings (SSSR count). The largest absolute Gasteiger partial charge is 0.478 e. The topological polar surface area (TPSA) is 63.1 Å². The fourth-order valence-corrected chi connectivity index (χ4v) is 1.96. The average Bonchev–Trinajstić information content (AvgIpc) is 2.37. The summed E-state index contributed by atoms with van der Waals surface area (Å²) in [6, 6.07) is 7.16. The Kier molecular flexibility index (Phi) is 3.81. The number of benzene rings is 1. The quantitative estimate of drug-likeness (QED) is 0.930. The van der Waals surface area contributed by atoms with Crippen LogP contribution in [0, 0.1) is 0 Å². The molecule has 0 aliphatic rings. The highest BCUT2D eigenvalue weighted by molar-refractivity contribution is 6.30. The summed E-state index contributed by atoms with van der Waals surface area (Å²) in [7, 11) is 0. The number of aromatic carboxylic acids is 1. The SMILES string of the molecule is CC(C)c1nc(-c2cccc(Cl)c2)ncc1C(=O)O. The van der Waals surface area contributed by atoms with Crippen molar-refractivity contribution in [3.63, 3.8) is 0 Å². The van der Waals surface area contributed by atoms with Gasteiger partial charge in [-0.3, -0.25) is 0 Å². The van der Waals surface area contributed by atoms with Gasteiger partial charge in [-0.15, -0.1) is 0 Å². The standard InChI is InChI=1S/C14H13ClN2O2/c1-8(2)12-11(14(18)19)7-16-13(17-12)9-4-3-5-10(15)6-9/h3-8H,1-2H3,(H,18,19). The first kappa shape index (κ1) is 13.5. The maximum Gasteiger partial charge on any atom is 0.339 e. The highest BCUT2D eigenvalue weighted by Crippen LogP contribution is 2.23. The van der Waals surface area contributed by atoms with Gasteiger partial charge in [-0.05, 0) is 18.1 Å². The zero-order chi connectivity index (χ0) is 14.0. The Hall–Kier alpha value is -1.94. The molecule has 0 aliphatic carbocycles. The van der Waals surface area contributed by atoms with E-state index in [0.29, 0.717) is 16.5 Å². The molecule has 0 bridgehead atoms.